The standard InChI is InChI=1S/C17H20N2O5S/c20-15(18-9-11-4-3-7-23-11)10-24-16(21)8-14-17(22)19-12-5-1-2-6-13(12)25-14/h1-2,5-6,11,14H,3-4,7-10H2,(H,18,20)(H,19,22)/t11-,14+/m0/s1. The van der Waals surface area contributed by atoms with Crippen LogP contribution in [-0.2, 0) is 23.9 Å². The van der Waals surface area contributed by atoms with Gasteiger partial charge in [-0.15, -0.1) is 11.8 Å². The van der Waals surface area contributed by atoms with Gasteiger partial charge in [0.1, 0.15) is 0 Å². The minimum absolute atomic E-state index is 0.0436. The average Bonchev–Trinajstić information content (AvgIpc) is 3.12. The van der Waals surface area contributed by atoms with E-state index in [9.17, 15) is 14.4 Å². The van der Waals surface area contributed by atoms with E-state index < -0.39 is 11.2 Å². The molecule has 2 aliphatic rings. The first-order chi connectivity index (χ1) is 12.1. The fourth-order valence-electron chi connectivity index (χ4n) is 2.67. The quantitative estimate of drug-likeness (QED) is 0.740. The second-order valence-corrected chi connectivity index (χ2v) is 7.14. The summed E-state index contributed by atoms with van der Waals surface area (Å²) in [6, 6.07) is 7.41. The maximum absolute atomic E-state index is 12.0. The van der Waals surface area contributed by atoms with Crippen molar-refractivity contribution in [3.8, 4) is 0 Å². The van der Waals surface area contributed by atoms with Gasteiger partial charge in [0.2, 0.25) is 5.91 Å². The van der Waals surface area contributed by atoms with E-state index in [0.717, 1.165) is 30.0 Å². The van der Waals surface area contributed by atoms with Crippen LogP contribution in [0.3, 0.4) is 0 Å². The van der Waals surface area contributed by atoms with Gasteiger partial charge in [0.05, 0.1) is 23.5 Å². The average molecular weight is 364 g/mol. The predicted molar refractivity (Wildman–Crippen MR) is 92.3 cm³/mol. The molecule has 8 heteroatoms. The van der Waals surface area contributed by atoms with Crippen LogP contribution >= 0.6 is 11.8 Å². The summed E-state index contributed by atoms with van der Waals surface area (Å²) in [6.07, 6.45) is 1.89. The molecule has 1 saturated heterocycles. The molecule has 2 atom stereocenters. The molecule has 2 amide bonds. The first-order valence-corrected chi connectivity index (χ1v) is 9.10. The monoisotopic (exact) mass is 364 g/mol. The van der Waals surface area contributed by atoms with E-state index in [1.165, 1.54) is 11.8 Å². The number of ether oxygens (including phenoxy) is 2. The summed E-state index contributed by atoms with van der Waals surface area (Å²) >= 11 is 1.32. The van der Waals surface area contributed by atoms with E-state index in [0.29, 0.717) is 6.54 Å². The maximum atomic E-state index is 12.0. The molecule has 1 fully saturated rings. The number of hydrogen-bond acceptors (Lipinski definition) is 6. The van der Waals surface area contributed by atoms with Crippen molar-refractivity contribution in [2.75, 3.05) is 25.1 Å². The van der Waals surface area contributed by atoms with Crippen LogP contribution in [0.25, 0.3) is 0 Å². The van der Waals surface area contributed by atoms with Crippen molar-refractivity contribution in [1.29, 1.82) is 0 Å². The molecule has 3 rings (SSSR count). The number of carbonyl (C=O) groups is 3. The van der Waals surface area contributed by atoms with Gasteiger partial charge in [-0.3, -0.25) is 14.4 Å². The largest absolute Gasteiger partial charge is 0.456 e. The van der Waals surface area contributed by atoms with Crippen LogP contribution in [0.2, 0.25) is 0 Å². The summed E-state index contributed by atoms with van der Waals surface area (Å²) in [5.74, 6) is -1.17. The Morgan fingerprint density at radius 2 is 2.20 bits per heavy atom. The highest BCUT2D eigenvalue weighted by molar-refractivity contribution is 8.01. The third kappa shape index (κ3) is 4.96. The first-order valence-electron chi connectivity index (χ1n) is 8.22. The molecule has 0 unspecified atom stereocenters. The number of benzene rings is 1. The lowest BCUT2D eigenvalue weighted by Crippen LogP contribution is -2.36. The molecule has 25 heavy (non-hydrogen) atoms. The molecule has 7 nitrogen and oxygen atoms in total. The van der Waals surface area contributed by atoms with E-state index >= 15 is 0 Å². The van der Waals surface area contributed by atoms with E-state index in [4.69, 9.17) is 9.47 Å². The van der Waals surface area contributed by atoms with Gasteiger partial charge in [-0.25, -0.2) is 0 Å². The Morgan fingerprint density at radius 3 is 3.00 bits per heavy atom. The zero-order valence-corrected chi connectivity index (χ0v) is 14.5. The normalized spacial score (nSPS) is 22.0. The van der Waals surface area contributed by atoms with Crippen LogP contribution in [-0.4, -0.2) is 48.9 Å². The van der Waals surface area contributed by atoms with Crippen molar-refractivity contribution in [2.45, 2.75) is 35.5 Å². The molecule has 2 heterocycles. The van der Waals surface area contributed by atoms with Crippen LogP contribution in [0.4, 0.5) is 5.69 Å². The van der Waals surface area contributed by atoms with E-state index in [-0.39, 0.29) is 30.9 Å². The van der Waals surface area contributed by atoms with E-state index in [1.807, 2.05) is 24.3 Å². The Morgan fingerprint density at radius 1 is 1.36 bits per heavy atom. The van der Waals surface area contributed by atoms with E-state index in [1.54, 1.807) is 0 Å². The summed E-state index contributed by atoms with van der Waals surface area (Å²) in [5, 5.41) is 4.89. The highest BCUT2D eigenvalue weighted by Crippen LogP contribution is 2.36. The van der Waals surface area contributed by atoms with Crippen LogP contribution in [0.5, 0.6) is 0 Å². The van der Waals surface area contributed by atoms with Gasteiger partial charge < -0.3 is 20.1 Å². The van der Waals surface area contributed by atoms with Crippen molar-refractivity contribution >= 4 is 35.2 Å². The molecule has 2 N–H and O–H groups in total. The van der Waals surface area contributed by atoms with E-state index in [2.05, 4.69) is 10.6 Å². The van der Waals surface area contributed by atoms with Crippen LogP contribution in [0, 0.1) is 0 Å². The SMILES string of the molecule is O=C(COC(=O)C[C@H]1Sc2ccccc2NC1=O)NC[C@@H]1CCCO1. The first kappa shape index (κ1) is 17.8. The zero-order chi connectivity index (χ0) is 17.6. The number of hydrogen-bond donors (Lipinski definition) is 2. The third-order valence-corrected chi connectivity index (χ3v) is 5.25. The molecule has 0 aliphatic carbocycles. The molecule has 0 radical (unpaired) electrons. The lowest BCUT2D eigenvalue weighted by molar-refractivity contribution is -0.149. The number of amides is 2. The van der Waals surface area contributed by atoms with Crippen LogP contribution in [0.1, 0.15) is 19.3 Å². The Kier molecular flexibility index (Phi) is 5.93. The minimum atomic E-state index is -0.570. The Balaban J connectivity index is 1.40. The summed E-state index contributed by atoms with van der Waals surface area (Å²) in [7, 11) is 0. The molecule has 0 spiro atoms. The highest BCUT2D eigenvalue weighted by atomic mass is 32.2. The number of para-hydroxylation sites is 1. The molecular weight excluding hydrogens is 344 g/mol. The predicted octanol–water partition coefficient (Wildman–Crippen LogP) is 1.33. The number of rotatable bonds is 6. The lowest BCUT2D eigenvalue weighted by atomic mass is 10.2. The van der Waals surface area contributed by atoms with Crippen molar-refractivity contribution in [2.24, 2.45) is 0 Å². The number of nitrogens with one attached hydrogen (secondary N) is 2. The third-order valence-electron chi connectivity index (χ3n) is 3.97. The number of anilines is 1. The van der Waals surface area contributed by atoms with Gasteiger partial charge in [0, 0.05) is 18.0 Å². The van der Waals surface area contributed by atoms with Crippen molar-refractivity contribution in [3.05, 3.63) is 24.3 Å². The Bertz CT molecular complexity index is 660. The number of thioether (sulfide) groups is 1. The second kappa shape index (κ2) is 8.35. The fourth-order valence-corrected chi connectivity index (χ4v) is 3.76. The topological polar surface area (TPSA) is 93.7 Å². The summed E-state index contributed by atoms with van der Waals surface area (Å²) < 4.78 is 10.4. The minimum Gasteiger partial charge on any atom is -0.456 e. The summed E-state index contributed by atoms with van der Waals surface area (Å²) in [6.45, 7) is 0.801. The molecule has 0 saturated carbocycles. The summed E-state index contributed by atoms with van der Waals surface area (Å²) in [4.78, 5) is 36.6. The van der Waals surface area contributed by atoms with Gasteiger partial charge >= 0.3 is 5.97 Å². The molecule has 134 valence electrons. The van der Waals surface area contributed by atoms with Crippen LogP contribution in [0.15, 0.2) is 29.2 Å². The van der Waals surface area contributed by atoms with Crippen molar-refractivity contribution in [3.63, 3.8) is 0 Å². The van der Waals surface area contributed by atoms with Gasteiger partial charge in [0.15, 0.2) is 6.61 Å². The Hall–Kier alpha value is -2.06. The van der Waals surface area contributed by atoms with Gasteiger partial charge in [-0.2, -0.15) is 0 Å². The highest BCUT2D eigenvalue weighted by Gasteiger charge is 2.29. The molecule has 2 aliphatic heterocycles. The smallest absolute Gasteiger partial charge is 0.307 e. The molecular formula is C17H20N2O5S. The second-order valence-electron chi connectivity index (χ2n) is 5.90. The van der Waals surface area contributed by atoms with Crippen LogP contribution < -0.4 is 10.6 Å². The molecule has 1 aromatic rings. The summed E-state index contributed by atoms with van der Waals surface area (Å²) in [5.41, 5.74) is 0.746. The molecule has 0 aromatic heterocycles. The van der Waals surface area contributed by atoms with Crippen molar-refractivity contribution < 1.29 is 23.9 Å². The Labute approximate surface area is 149 Å². The van der Waals surface area contributed by atoms with Gasteiger partial charge in [-0.1, -0.05) is 12.1 Å². The maximum Gasteiger partial charge on any atom is 0.307 e. The molecule has 0 bridgehead atoms. The lowest BCUT2D eigenvalue weighted by Gasteiger charge is -2.23. The van der Waals surface area contributed by atoms with Crippen molar-refractivity contribution in [1.82, 2.24) is 5.32 Å². The van der Waals surface area contributed by atoms with Gasteiger partial charge in [-0.05, 0) is 25.0 Å². The fraction of sp³-hybridized carbons (Fsp3) is 0.471. The number of carbonyl (C=O) groups excluding carboxylic acids is 3. The molecule has 1 aromatic carbocycles. The number of fused-ring (bicyclic) bond motifs is 1. The number of esters is 1. The zero-order valence-electron chi connectivity index (χ0n) is 13.7. The van der Waals surface area contributed by atoms with Gasteiger partial charge in [0.25, 0.3) is 5.91 Å².